The van der Waals surface area contributed by atoms with Crippen molar-refractivity contribution < 1.29 is 14.3 Å². The van der Waals surface area contributed by atoms with Gasteiger partial charge in [-0.25, -0.2) is 0 Å². The second-order valence-corrected chi connectivity index (χ2v) is 7.82. The van der Waals surface area contributed by atoms with Gasteiger partial charge in [-0.1, -0.05) is 64.6 Å². The van der Waals surface area contributed by atoms with Gasteiger partial charge in [0.25, 0.3) is 5.91 Å². The fourth-order valence-corrected chi connectivity index (χ4v) is 3.33. The van der Waals surface area contributed by atoms with E-state index in [1.54, 1.807) is 24.3 Å². The second kappa shape index (κ2) is 10.1. The Morgan fingerprint density at radius 2 is 1.67 bits per heavy atom. The maximum absolute atomic E-state index is 12.7. The van der Waals surface area contributed by atoms with Crippen LogP contribution >= 0.6 is 34.8 Å². The zero-order valence-corrected chi connectivity index (χ0v) is 18.7. The van der Waals surface area contributed by atoms with Gasteiger partial charge in [-0.2, -0.15) is 0 Å². The Hall–Kier alpha value is -2.40. The number of anilines is 1. The molecule has 0 aliphatic rings. The quantitative estimate of drug-likeness (QED) is 0.402. The van der Waals surface area contributed by atoms with Crippen LogP contribution in [-0.4, -0.2) is 12.5 Å². The Balaban J connectivity index is 1.83. The van der Waals surface area contributed by atoms with Crippen LogP contribution in [0.2, 0.25) is 15.1 Å². The van der Waals surface area contributed by atoms with Crippen molar-refractivity contribution in [3.8, 4) is 11.5 Å². The third-order valence-corrected chi connectivity index (χ3v) is 5.10. The van der Waals surface area contributed by atoms with E-state index in [-0.39, 0.29) is 5.02 Å². The topological polar surface area (TPSA) is 47.6 Å². The molecule has 0 heterocycles. The third kappa shape index (κ3) is 5.60. The minimum atomic E-state index is -0.396. The first-order valence-electron chi connectivity index (χ1n) is 9.28. The van der Waals surface area contributed by atoms with E-state index in [0.29, 0.717) is 46.0 Å². The van der Waals surface area contributed by atoms with E-state index < -0.39 is 5.91 Å². The normalized spacial score (nSPS) is 10.6. The molecular formula is C23H20Cl3NO3. The summed E-state index contributed by atoms with van der Waals surface area (Å²) in [4.78, 5) is 12.7. The van der Waals surface area contributed by atoms with Crippen molar-refractivity contribution in [2.24, 2.45) is 0 Å². The van der Waals surface area contributed by atoms with Crippen molar-refractivity contribution in [3.63, 3.8) is 0 Å². The predicted octanol–water partition coefficient (Wildman–Crippen LogP) is 7.19. The molecule has 3 aromatic carbocycles. The highest BCUT2D eigenvalue weighted by molar-refractivity contribution is 6.36. The average molecular weight is 465 g/mol. The Kier molecular flexibility index (Phi) is 7.48. The number of carbonyl (C=O) groups is 1. The Morgan fingerprint density at radius 1 is 0.933 bits per heavy atom. The van der Waals surface area contributed by atoms with Crippen molar-refractivity contribution in [1.82, 2.24) is 0 Å². The van der Waals surface area contributed by atoms with Gasteiger partial charge in [-0.15, -0.1) is 0 Å². The summed E-state index contributed by atoms with van der Waals surface area (Å²) in [6.07, 6.45) is 0. The van der Waals surface area contributed by atoms with Crippen LogP contribution in [0, 0.1) is 6.92 Å². The monoisotopic (exact) mass is 463 g/mol. The summed E-state index contributed by atoms with van der Waals surface area (Å²) in [6, 6.07) is 15.9. The molecule has 1 N–H and O–H groups in total. The highest BCUT2D eigenvalue weighted by atomic mass is 35.5. The van der Waals surface area contributed by atoms with Crippen LogP contribution in [0.4, 0.5) is 5.69 Å². The summed E-state index contributed by atoms with van der Waals surface area (Å²) in [5, 5.41) is 3.85. The maximum Gasteiger partial charge on any atom is 0.255 e. The molecule has 1 amide bonds. The summed E-state index contributed by atoms with van der Waals surface area (Å²) >= 11 is 18.5. The van der Waals surface area contributed by atoms with Crippen molar-refractivity contribution in [2.45, 2.75) is 20.5 Å². The molecule has 0 saturated carbocycles. The highest BCUT2D eigenvalue weighted by Crippen LogP contribution is 2.37. The van der Waals surface area contributed by atoms with Crippen LogP contribution in [0.3, 0.4) is 0 Å². The van der Waals surface area contributed by atoms with Crippen molar-refractivity contribution in [3.05, 3.63) is 86.4 Å². The molecule has 7 heteroatoms. The van der Waals surface area contributed by atoms with E-state index in [0.717, 1.165) is 5.56 Å². The van der Waals surface area contributed by atoms with E-state index in [1.165, 1.54) is 11.6 Å². The number of nitrogens with one attached hydrogen (secondary N) is 1. The lowest BCUT2D eigenvalue weighted by molar-refractivity contribution is 0.102. The number of ether oxygens (including phenoxy) is 2. The van der Waals surface area contributed by atoms with Gasteiger partial charge in [0.05, 0.1) is 22.3 Å². The molecule has 0 saturated heterocycles. The second-order valence-electron chi connectivity index (χ2n) is 6.57. The molecule has 3 rings (SSSR count). The number of benzene rings is 3. The fraction of sp³-hybridized carbons (Fsp3) is 0.174. The Morgan fingerprint density at radius 3 is 2.37 bits per heavy atom. The Labute approximate surface area is 190 Å². The number of hydrogen-bond donors (Lipinski definition) is 1. The number of rotatable bonds is 7. The van der Waals surface area contributed by atoms with Crippen molar-refractivity contribution in [2.75, 3.05) is 11.9 Å². The molecule has 0 aliphatic carbocycles. The lowest BCUT2D eigenvalue weighted by atomic mass is 10.1. The van der Waals surface area contributed by atoms with Gasteiger partial charge in [0.1, 0.15) is 6.61 Å². The minimum Gasteiger partial charge on any atom is -0.490 e. The first-order chi connectivity index (χ1) is 14.4. The molecule has 0 aliphatic heterocycles. The summed E-state index contributed by atoms with van der Waals surface area (Å²) in [5.41, 5.74) is 2.88. The third-order valence-electron chi connectivity index (χ3n) is 4.25. The smallest absolute Gasteiger partial charge is 0.255 e. The van der Waals surface area contributed by atoms with Gasteiger partial charge in [0, 0.05) is 10.6 Å². The first kappa shape index (κ1) is 22.3. The van der Waals surface area contributed by atoms with Gasteiger partial charge in [-0.05, 0) is 49.7 Å². The number of halogens is 3. The largest absolute Gasteiger partial charge is 0.490 e. The highest BCUT2D eigenvalue weighted by Gasteiger charge is 2.17. The molecule has 156 valence electrons. The zero-order chi connectivity index (χ0) is 21.7. The van der Waals surface area contributed by atoms with E-state index in [1.807, 2.05) is 38.1 Å². The van der Waals surface area contributed by atoms with Crippen LogP contribution in [0.15, 0.2) is 54.6 Å². The van der Waals surface area contributed by atoms with Gasteiger partial charge in [0.15, 0.2) is 11.5 Å². The van der Waals surface area contributed by atoms with Gasteiger partial charge in [0.2, 0.25) is 0 Å². The molecule has 0 bridgehead atoms. The minimum absolute atomic E-state index is 0.274. The Bertz CT molecular complexity index is 1050. The fourth-order valence-electron chi connectivity index (χ4n) is 2.73. The lowest BCUT2D eigenvalue weighted by Crippen LogP contribution is -2.13. The van der Waals surface area contributed by atoms with Gasteiger partial charge < -0.3 is 14.8 Å². The number of carbonyl (C=O) groups excluding carboxylic acids is 1. The van der Waals surface area contributed by atoms with Gasteiger partial charge >= 0.3 is 0 Å². The summed E-state index contributed by atoms with van der Waals surface area (Å²) in [6.45, 7) is 4.58. The average Bonchev–Trinajstić information content (AvgIpc) is 2.71. The SMILES string of the molecule is CCOc1cc(C(=O)Nc2cc(Cl)ccc2Cl)cc(Cl)c1OCc1ccc(C)cc1. The standard InChI is InChI=1S/C23H20Cl3NO3/c1-3-29-21-11-16(23(28)27-20-12-17(24)8-9-18(20)25)10-19(26)22(21)30-13-15-6-4-14(2)5-7-15/h4-12H,3,13H2,1-2H3,(H,27,28). The summed E-state index contributed by atoms with van der Waals surface area (Å²) in [5.74, 6) is 0.378. The van der Waals surface area contributed by atoms with Crippen LogP contribution < -0.4 is 14.8 Å². The lowest BCUT2D eigenvalue weighted by Gasteiger charge is -2.16. The molecule has 4 nitrogen and oxygen atoms in total. The van der Waals surface area contributed by atoms with Crippen molar-refractivity contribution >= 4 is 46.4 Å². The van der Waals surface area contributed by atoms with E-state index in [4.69, 9.17) is 44.3 Å². The molecule has 0 unspecified atom stereocenters. The first-order valence-corrected chi connectivity index (χ1v) is 10.4. The molecular weight excluding hydrogens is 445 g/mol. The molecule has 0 spiro atoms. The van der Waals surface area contributed by atoms with Crippen LogP contribution in [-0.2, 0) is 6.61 Å². The molecule has 0 atom stereocenters. The van der Waals surface area contributed by atoms with Gasteiger partial charge in [-0.3, -0.25) is 4.79 Å². The number of aryl methyl sites for hydroxylation is 1. The van der Waals surface area contributed by atoms with Crippen LogP contribution in [0.5, 0.6) is 11.5 Å². The van der Waals surface area contributed by atoms with E-state index in [9.17, 15) is 4.79 Å². The van der Waals surface area contributed by atoms with E-state index in [2.05, 4.69) is 5.32 Å². The molecule has 0 radical (unpaired) electrons. The maximum atomic E-state index is 12.7. The molecule has 0 aromatic heterocycles. The van der Waals surface area contributed by atoms with Crippen molar-refractivity contribution in [1.29, 1.82) is 0 Å². The van der Waals surface area contributed by atoms with E-state index >= 15 is 0 Å². The zero-order valence-electron chi connectivity index (χ0n) is 16.5. The summed E-state index contributed by atoms with van der Waals surface area (Å²) < 4.78 is 11.6. The summed E-state index contributed by atoms with van der Waals surface area (Å²) in [7, 11) is 0. The van der Waals surface area contributed by atoms with Crippen LogP contribution in [0.1, 0.15) is 28.4 Å². The molecule has 3 aromatic rings. The number of hydrogen-bond acceptors (Lipinski definition) is 3. The predicted molar refractivity (Wildman–Crippen MR) is 123 cm³/mol. The molecule has 0 fully saturated rings. The van der Waals surface area contributed by atoms with Crippen LogP contribution in [0.25, 0.3) is 0 Å². The molecule has 30 heavy (non-hydrogen) atoms. The number of amides is 1.